The van der Waals surface area contributed by atoms with E-state index in [1.165, 1.54) is 21.3 Å². The van der Waals surface area contributed by atoms with Crippen LogP contribution in [0.2, 0.25) is 0 Å². The number of aromatic nitrogens is 1. The van der Waals surface area contributed by atoms with Crippen LogP contribution in [0.25, 0.3) is 0 Å². The maximum absolute atomic E-state index is 12.5. The number of amides is 1. The Labute approximate surface area is 153 Å². The number of nitrogens with one attached hydrogen (secondary N) is 1. The Morgan fingerprint density at radius 1 is 1.04 bits per heavy atom. The minimum atomic E-state index is -0.287. The van der Waals surface area contributed by atoms with Gasteiger partial charge in [0.2, 0.25) is 5.88 Å². The minimum absolute atomic E-state index is 0.0607. The number of nitrogens with zero attached hydrogens (tertiary/aromatic N) is 1. The Kier molecular flexibility index (Phi) is 6.66. The van der Waals surface area contributed by atoms with E-state index in [-0.39, 0.29) is 12.0 Å². The fraction of sp³-hybridized carbons (Fsp3) is 0.368. The lowest BCUT2D eigenvalue weighted by atomic mass is 10.1. The van der Waals surface area contributed by atoms with Crippen LogP contribution < -0.4 is 24.3 Å². The van der Waals surface area contributed by atoms with Crippen molar-refractivity contribution in [3.05, 3.63) is 41.6 Å². The summed E-state index contributed by atoms with van der Waals surface area (Å²) in [5.74, 6) is 1.61. The van der Waals surface area contributed by atoms with E-state index in [1.807, 2.05) is 19.9 Å². The Hall–Kier alpha value is -2.96. The van der Waals surface area contributed by atoms with Crippen molar-refractivity contribution in [2.45, 2.75) is 26.5 Å². The van der Waals surface area contributed by atoms with Crippen LogP contribution in [0.15, 0.2) is 30.5 Å². The highest BCUT2D eigenvalue weighted by Gasteiger charge is 2.17. The Balaban J connectivity index is 2.10. The lowest BCUT2D eigenvalue weighted by Crippen LogP contribution is -2.23. The van der Waals surface area contributed by atoms with Crippen molar-refractivity contribution in [3.8, 4) is 23.1 Å². The van der Waals surface area contributed by atoms with Gasteiger partial charge in [0.05, 0.1) is 33.0 Å². The van der Waals surface area contributed by atoms with Gasteiger partial charge < -0.3 is 24.3 Å². The first-order chi connectivity index (χ1) is 12.5. The number of carbonyl (C=O) groups is 1. The summed E-state index contributed by atoms with van der Waals surface area (Å²) in [5.41, 5.74) is 1.21. The zero-order valence-corrected chi connectivity index (χ0v) is 15.7. The number of hydrogen-bond donors (Lipinski definition) is 1. The SMILES string of the molecule is COc1cc(OC)c(C(=O)NCc2ccc(OC(C)C)nc2)cc1OC. The van der Waals surface area contributed by atoms with Crippen molar-refractivity contribution in [2.75, 3.05) is 21.3 Å². The van der Waals surface area contributed by atoms with Crippen LogP contribution in [0.5, 0.6) is 23.1 Å². The van der Waals surface area contributed by atoms with Gasteiger partial charge in [-0.3, -0.25) is 4.79 Å². The fourth-order valence-corrected chi connectivity index (χ4v) is 2.31. The molecule has 1 N–H and O–H groups in total. The second-order valence-electron chi connectivity index (χ2n) is 5.76. The molecule has 0 spiro atoms. The van der Waals surface area contributed by atoms with Crippen LogP contribution in [-0.4, -0.2) is 38.3 Å². The monoisotopic (exact) mass is 360 g/mol. The van der Waals surface area contributed by atoms with Gasteiger partial charge in [0.25, 0.3) is 5.91 Å². The zero-order valence-electron chi connectivity index (χ0n) is 15.7. The minimum Gasteiger partial charge on any atom is -0.496 e. The third kappa shape index (κ3) is 4.78. The number of hydrogen-bond acceptors (Lipinski definition) is 6. The molecule has 0 saturated carbocycles. The summed E-state index contributed by atoms with van der Waals surface area (Å²) in [7, 11) is 4.53. The van der Waals surface area contributed by atoms with Gasteiger partial charge in [-0.15, -0.1) is 0 Å². The number of methoxy groups -OCH3 is 3. The molecule has 0 aliphatic heterocycles. The number of rotatable bonds is 8. The van der Waals surface area contributed by atoms with E-state index < -0.39 is 0 Å². The van der Waals surface area contributed by atoms with Gasteiger partial charge in [-0.1, -0.05) is 6.07 Å². The van der Waals surface area contributed by atoms with Gasteiger partial charge in [0.1, 0.15) is 5.75 Å². The number of benzene rings is 1. The predicted molar refractivity (Wildman–Crippen MR) is 97.3 cm³/mol. The number of pyridine rings is 1. The molecule has 2 aromatic rings. The van der Waals surface area contributed by atoms with Gasteiger partial charge in [0.15, 0.2) is 11.5 Å². The molecule has 0 saturated heterocycles. The van der Waals surface area contributed by atoms with Crippen LogP contribution in [0.1, 0.15) is 29.8 Å². The molecule has 26 heavy (non-hydrogen) atoms. The van der Waals surface area contributed by atoms with Gasteiger partial charge in [-0.05, 0) is 19.4 Å². The van der Waals surface area contributed by atoms with Gasteiger partial charge in [0, 0.05) is 30.9 Å². The zero-order chi connectivity index (χ0) is 19.1. The summed E-state index contributed by atoms with van der Waals surface area (Å²) >= 11 is 0. The van der Waals surface area contributed by atoms with Crippen molar-refractivity contribution in [1.29, 1.82) is 0 Å². The molecule has 0 bridgehead atoms. The maximum Gasteiger partial charge on any atom is 0.255 e. The van der Waals surface area contributed by atoms with Crippen molar-refractivity contribution in [3.63, 3.8) is 0 Å². The quantitative estimate of drug-likeness (QED) is 0.780. The molecule has 0 aliphatic carbocycles. The van der Waals surface area contributed by atoms with Crippen LogP contribution >= 0.6 is 0 Å². The van der Waals surface area contributed by atoms with E-state index in [2.05, 4.69) is 10.3 Å². The summed E-state index contributed by atoms with van der Waals surface area (Å²) in [4.78, 5) is 16.8. The molecule has 1 aromatic heterocycles. The molecule has 140 valence electrons. The maximum atomic E-state index is 12.5. The Bertz CT molecular complexity index is 744. The normalized spacial score (nSPS) is 10.4. The molecular weight excluding hydrogens is 336 g/mol. The Morgan fingerprint density at radius 2 is 1.69 bits per heavy atom. The molecule has 1 amide bonds. The Morgan fingerprint density at radius 3 is 2.23 bits per heavy atom. The second kappa shape index (κ2) is 8.94. The van der Waals surface area contributed by atoms with E-state index in [4.69, 9.17) is 18.9 Å². The first-order valence-corrected chi connectivity index (χ1v) is 8.18. The standard InChI is InChI=1S/C19H24N2O5/c1-12(2)26-18-7-6-13(10-20-18)11-21-19(22)14-8-16(24-4)17(25-5)9-15(14)23-3/h6-10,12H,11H2,1-5H3,(H,21,22). The van der Waals surface area contributed by atoms with Gasteiger partial charge in [-0.2, -0.15) is 0 Å². The average molecular weight is 360 g/mol. The van der Waals surface area contributed by atoms with E-state index in [0.29, 0.717) is 35.2 Å². The number of carbonyl (C=O) groups excluding carboxylic acids is 1. The van der Waals surface area contributed by atoms with Crippen molar-refractivity contribution >= 4 is 5.91 Å². The highest BCUT2D eigenvalue weighted by molar-refractivity contribution is 5.97. The van der Waals surface area contributed by atoms with Crippen molar-refractivity contribution < 1.29 is 23.7 Å². The van der Waals surface area contributed by atoms with Crippen molar-refractivity contribution in [1.82, 2.24) is 10.3 Å². The molecule has 7 nitrogen and oxygen atoms in total. The molecule has 0 aliphatic rings. The molecule has 2 rings (SSSR count). The molecule has 0 radical (unpaired) electrons. The molecule has 0 atom stereocenters. The predicted octanol–water partition coefficient (Wildman–Crippen LogP) is 2.82. The molecule has 1 heterocycles. The first-order valence-electron chi connectivity index (χ1n) is 8.18. The smallest absolute Gasteiger partial charge is 0.255 e. The highest BCUT2D eigenvalue weighted by Crippen LogP contribution is 2.34. The lowest BCUT2D eigenvalue weighted by molar-refractivity contribution is 0.0947. The topological polar surface area (TPSA) is 78.9 Å². The van der Waals surface area contributed by atoms with Crippen LogP contribution in [0.4, 0.5) is 0 Å². The van der Waals surface area contributed by atoms with E-state index >= 15 is 0 Å². The van der Waals surface area contributed by atoms with Crippen LogP contribution in [0, 0.1) is 0 Å². The van der Waals surface area contributed by atoms with Crippen LogP contribution in [0.3, 0.4) is 0 Å². The first kappa shape index (κ1) is 19.4. The average Bonchev–Trinajstić information content (AvgIpc) is 2.65. The summed E-state index contributed by atoms with van der Waals surface area (Å²) in [6.07, 6.45) is 1.73. The van der Waals surface area contributed by atoms with Gasteiger partial charge >= 0.3 is 0 Å². The summed E-state index contributed by atoms with van der Waals surface area (Å²) in [6.45, 7) is 4.20. The second-order valence-corrected chi connectivity index (χ2v) is 5.76. The highest BCUT2D eigenvalue weighted by atomic mass is 16.5. The molecular formula is C19H24N2O5. The van der Waals surface area contributed by atoms with E-state index in [9.17, 15) is 4.79 Å². The summed E-state index contributed by atoms with van der Waals surface area (Å²) in [5, 5.41) is 2.84. The van der Waals surface area contributed by atoms with Crippen molar-refractivity contribution in [2.24, 2.45) is 0 Å². The molecule has 0 unspecified atom stereocenters. The van der Waals surface area contributed by atoms with Gasteiger partial charge in [-0.25, -0.2) is 4.98 Å². The lowest BCUT2D eigenvalue weighted by Gasteiger charge is -2.14. The van der Waals surface area contributed by atoms with Crippen LogP contribution in [-0.2, 0) is 6.54 Å². The largest absolute Gasteiger partial charge is 0.496 e. The molecule has 0 fully saturated rings. The summed E-state index contributed by atoms with van der Waals surface area (Å²) < 4.78 is 21.3. The van der Waals surface area contributed by atoms with E-state index in [0.717, 1.165) is 5.56 Å². The number of ether oxygens (including phenoxy) is 4. The fourth-order valence-electron chi connectivity index (χ4n) is 2.31. The molecule has 1 aromatic carbocycles. The third-order valence-electron chi connectivity index (χ3n) is 3.56. The van der Waals surface area contributed by atoms with E-state index in [1.54, 1.807) is 24.4 Å². The summed E-state index contributed by atoms with van der Waals surface area (Å²) in [6, 6.07) is 6.84. The molecule has 7 heteroatoms. The third-order valence-corrected chi connectivity index (χ3v) is 3.56.